The van der Waals surface area contributed by atoms with Crippen molar-refractivity contribution < 1.29 is 14.7 Å². The van der Waals surface area contributed by atoms with E-state index >= 15 is 0 Å². The molecule has 7 nitrogen and oxygen atoms in total. The molecule has 1 aromatic carbocycles. The highest BCUT2D eigenvalue weighted by molar-refractivity contribution is 7.96. The fraction of sp³-hybridized carbons (Fsp3) is 0.400. The molecule has 4 N–H and O–H groups in total. The molecule has 0 amide bonds. The Morgan fingerprint density at radius 2 is 1.74 bits per heavy atom. The maximum atomic E-state index is 11.1. The van der Waals surface area contributed by atoms with Gasteiger partial charge in [0.2, 0.25) is 0 Å². The second-order valence-electron chi connectivity index (χ2n) is 4.63. The van der Waals surface area contributed by atoms with Crippen LogP contribution in [0.25, 0.3) is 11.0 Å². The molecule has 0 spiro atoms. The molecule has 128 valence electrons. The average molecular weight is 340 g/mol. The van der Waals surface area contributed by atoms with Crippen LogP contribution in [0.15, 0.2) is 24.3 Å². The molecule has 1 atom stereocenters. The quantitative estimate of drug-likeness (QED) is 0.536. The van der Waals surface area contributed by atoms with Gasteiger partial charge >= 0.3 is 5.97 Å². The van der Waals surface area contributed by atoms with Gasteiger partial charge < -0.3 is 20.7 Å². The molecule has 0 radical (unpaired) electrons. The first-order chi connectivity index (χ1) is 10.9. The van der Waals surface area contributed by atoms with Gasteiger partial charge in [0.1, 0.15) is 11.7 Å². The van der Waals surface area contributed by atoms with E-state index in [0.29, 0.717) is 5.52 Å². The minimum Gasteiger partial charge on any atom is -0.481 e. The van der Waals surface area contributed by atoms with Gasteiger partial charge in [-0.15, -0.1) is 12.6 Å². The van der Waals surface area contributed by atoms with E-state index in [2.05, 4.69) is 33.2 Å². The largest absolute Gasteiger partial charge is 0.481 e. The molecule has 2 aromatic rings. The summed E-state index contributed by atoms with van der Waals surface area (Å²) in [6.07, 6.45) is -0.182. The lowest BCUT2D eigenvalue weighted by Crippen LogP contribution is -2.15. The second kappa shape index (κ2) is 11.6. The van der Waals surface area contributed by atoms with Gasteiger partial charge in [-0.3, -0.25) is 9.59 Å². The van der Waals surface area contributed by atoms with Crippen LogP contribution in [0.5, 0.6) is 0 Å². The summed E-state index contributed by atoms with van der Waals surface area (Å²) in [5, 5.41) is 14.1. The molecule has 0 saturated carbocycles. The summed E-state index contributed by atoms with van der Waals surface area (Å²) in [4.78, 5) is 29.0. The zero-order valence-electron chi connectivity index (χ0n) is 13.8. The number of thiol groups is 1. The van der Waals surface area contributed by atoms with E-state index in [0.717, 1.165) is 5.52 Å². The number of carboxylic acids is 1. The van der Waals surface area contributed by atoms with Crippen LogP contribution in [0.4, 0.5) is 0 Å². The summed E-state index contributed by atoms with van der Waals surface area (Å²) in [6, 6.07) is 7.21. The third-order valence-electron chi connectivity index (χ3n) is 2.41. The van der Waals surface area contributed by atoms with Crippen molar-refractivity contribution in [3.8, 4) is 0 Å². The van der Waals surface area contributed by atoms with Gasteiger partial charge in [-0.25, -0.2) is 4.98 Å². The summed E-state index contributed by atoms with van der Waals surface area (Å²) in [6.45, 7) is 0. The molecule has 8 heteroatoms. The van der Waals surface area contributed by atoms with Gasteiger partial charge in [0.15, 0.2) is 5.12 Å². The van der Waals surface area contributed by atoms with Crippen molar-refractivity contribution in [2.45, 2.75) is 12.3 Å². The number of rotatable bonds is 4. The fourth-order valence-corrected chi connectivity index (χ4v) is 1.80. The van der Waals surface area contributed by atoms with Crippen molar-refractivity contribution in [3.63, 3.8) is 0 Å². The van der Waals surface area contributed by atoms with Gasteiger partial charge in [0.05, 0.1) is 11.0 Å². The number of imidazole rings is 1. The van der Waals surface area contributed by atoms with E-state index in [1.54, 1.807) is 12.1 Å². The van der Waals surface area contributed by atoms with Crippen molar-refractivity contribution in [2.24, 2.45) is 0 Å². The third-order valence-corrected chi connectivity index (χ3v) is 2.60. The molecular weight excluding hydrogens is 316 g/mol. The number of carboxylic acid groups (broad SMARTS) is 1. The second-order valence-corrected chi connectivity index (χ2v) is 5.13. The number of nitrogens with one attached hydrogen (secondary N) is 3. The highest BCUT2D eigenvalue weighted by Crippen LogP contribution is 2.21. The van der Waals surface area contributed by atoms with Crippen LogP contribution in [0, 0.1) is 0 Å². The lowest BCUT2D eigenvalue weighted by molar-refractivity contribution is -0.140. The number of benzene rings is 1. The van der Waals surface area contributed by atoms with Crippen LogP contribution in [-0.4, -0.2) is 54.3 Å². The van der Waals surface area contributed by atoms with E-state index < -0.39 is 17.0 Å². The van der Waals surface area contributed by atoms with Crippen molar-refractivity contribution in [3.05, 3.63) is 30.1 Å². The Bertz CT molecular complexity index is 581. The smallest absolute Gasteiger partial charge is 0.314 e. The molecule has 0 aliphatic heterocycles. The predicted octanol–water partition coefficient (Wildman–Crippen LogP) is 1.25. The standard InChI is InChI=1S/C11H10N2O3S.2C2H7N/c14-9(17)5-6(11(15)16)10-12-7-3-1-2-4-8(7)13-10;2*1-3-2/h1-4,6H,5H2,(H,12,13)(H,14,17)(H,15,16);2*3H,1-2H3. The minimum absolute atomic E-state index is 0.182. The summed E-state index contributed by atoms with van der Waals surface area (Å²) >= 11 is 3.60. The zero-order chi connectivity index (χ0) is 17.8. The Morgan fingerprint density at radius 3 is 2.17 bits per heavy atom. The Balaban J connectivity index is 0.000000704. The molecule has 23 heavy (non-hydrogen) atoms. The van der Waals surface area contributed by atoms with E-state index in [4.69, 9.17) is 5.11 Å². The molecule has 0 saturated heterocycles. The number of carbonyl (C=O) groups is 2. The van der Waals surface area contributed by atoms with E-state index in [1.807, 2.05) is 40.3 Å². The summed E-state index contributed by atoms with van der Waals surface area (Å²) in [5.41, 5.74) is 1.43. The Morgan fingerprint density at radius 1 is 1.22 bits per heavy atom. The molecular formula is C15H24N4O3S. The van der Waals surface area contributed by atoms with Gasteiger partial charge in [0.25, 0.3) is 0 Å². The van der Waals surface area contributed by atoms with Crippen LogP contribution in [0.2, 0.25) is 0 Å². The van der Waals surface area contributed by atoms with E-state index in [1.165, 1.54) is 0 Å². The number of hydrogen-bond donors (Lipinski definition) is 5. The lowest BCUT2D eigenvalue weighted by Gasteiger charge is -2.05. The van der Waals surface area contributed by atoms with Gasteiger partial charge in [-0.1, -0.05) is 12.1 Å². The highest BCUT2D eigenvalue weighted by Gasteiger charge is 2.25. The van der Waals surface area contributed by atoms with Crippen molar-refractivity contribution >= 4 is 34.7 Å². The summed E-state index contributed by atoms with van der Waals surface area (Å²) in [5.74, 6) is -1.79. The Kier molecular flexibility index (Phi) is 10.7. The third kappa shape index (κ3) is 7.78. The van der Waals surface area contributed by atoms with Crippen molar-refractivity contribution in [1.29, 1.82) is 0 Å². The number of para-hydroxylation sites is 2. The fourth-order valence-electron chi connectivity index (χ4n) is 1.61. The number of aliphatic carboxylic acids is 1. The minimum atomic E-state index is -1.09. The number of nitrogens with zero attached hydrogens (tertiary/aromatic N) is 1. The molecule has 0 aliphatic carbocycles. The zero-order valence-corrected chi connectivity index (χ0v) is 14.6. The van der Waals surface area contributed by atoms with E-state index in [9.17, 15) is 9.59 Å². The van der Waals surface area contributed by atoms with Gasteiger partial charge in [-0.2, -0.15) is 0 Å². The molecule has 0 fully saturated rings. The van der Waals surface area contributed by atoms with Gasteiger partial charge in [0, 0.05) is 6.42 Å². The lowest BCUT2D eigenvalue weighted by atomic mass is 10.1. The average Bonchev–Trinajstić information content (AvgIpc) is 2.89. The molecule has 2 rings (SSSR count). The van der Waals surface area contributed by atoms with Crippen molar-refractivity contribution in [1.82, 2.24) is 20.6 Å². The number of fused-ring (bicyclic) bond motifs is 1. The molecule has 0 bridgehead atoms. The van der Waals surface area contributed by atoms with Crippen LogP contribution in [0.1, 0.15) is 18.2 Å². The molecule has 0 aliphatic rings. The number of hydrogen-bond acceptors (Lipinski definition) is 5. The first-order valence-corrected chi connectivity index (χ1v) is 7.42. The molecule has 1 aromatic heterocycles. The Hall–Kier alpha value is -1.90. The normalized spacial score (nSPS) is 10.8. The number of carbonyl (C=O) groups excluding carboxylic acids is 1. The number of H-pyrrole nitrogens is 1. The van der Waals surface area contributed by atoms with Crippen molar-refractivity contribution in [2.75, 3.05) is 28.2 Å². The van der Waals surface area contributed by atoms with Gasteiger partial charge in [-0.05, 0) is 40.3 Å². The molecule has 1 heterocycles. The number of aromatic nitrogens is 2. The van der Waals surface area contributed by atoms with Crippen LogP contribution in [-0.2, 0) is 9.59 Å². The predicted molar refractivity (Wildman–Crippen MR) is 95.0 cm³/mol. The Labute approximate surface area is 141 Å². The van der Waals surface area contributed by atoms with Crippen LogP contribution >= 0.6 is 12.6 Å². The molecule has 1 unspecified atom stereocenters. The van der Waals surface area contributed by atoms with Crippen LogP contribution in [0.3, 0.4) is 0 Å². The summed E-state index contributed by atoms with van der Waals surface area (Å²) in [7, 11) is 7.50. The SMILES string of the molecule is CNC.CNC.O=C(S)CC(C(=O)O)c1nc2ccccc2[nH]1. The highest BCUT2D eigenvalue weighted by atomic mass is 32.1. The van der Waals surface area contributed by atoms with Crippen LogP contribution < -0.4 is 10.6 Å². The van der Waals surface area contributed by atoms with E-state index in [-0.39, 0.29) is 12.2 Å². The first kappa shape index (κ1) is 21.1. The first-order valence-electron chi connectivity index (χ1n) is 6.97. The maximum Gasteiger partial charge on any atom is 0.314 e. The monoisotopic (exact) mass is 340 g/mol. The maximum absolute atomic E-state index is 11.1. The summed E-state index contributed by atoms with van der Waals surface area (Å²) < 4.78 is 0. The number of aromatic amines is 1. The topological polar surface area (TPSA) is 107 Å².